The largest absolute Gasteiger partial charge is 0.476 e. The first-order chi connectivity index (χ1) is 8.54. The van der Waals surface area contributed by atoms with Gasteiger partial charge in [0.25, 0.3) is 0 Å². The molecule has 1 unspecified atom stereocenters. The van der Waals surface area contributed by atoms with Crippen LogP contribution in [0.3, 0.4) is 0 Å². The predicted octanol–water partition coefficient (Wildman–Crippen LogP) is 1.65. The molecule has 0 aromatic carbocycles. The number of nitrogens with zero attached hydrogens (tertiary/aromatic N) is 1. The van der Waals surface area contributed by atoms with Crippen LogP contribution in [-0.2, 0) is 0 Å². The molecule has 0 aliphatic carbocycles. The Kier molecular flexibility index (Phi) is 5.44. The van der Waals surface area contributed by atoms with Crippen molar-refractivity contribution in [3.8, 4) is 0 Å². The standard InChI is InChI=1S/C11H15N3O3S/c1-7(6-18-2)13-11(17)14-8-4-3-5-12-9(8)10(15)16/h3-5,7H,6H2,1-2H3,(H,15,16)(H2,13,14,17). The lowest BCUT2D eigenvalue weighted by Gasteiger charge is -2.13. The number of carboxylic acids is 1. The van der Waals surface area contributed by atoms with Gasteiger partial charge in [-0.15, -0.1) is 0 Å². The van der Waals surface area contributed by atoms with E-state index in [1.807, 2.05) is 13.2 Å². The predicted molar refractivity (Wildman–Crippen MR) is 71.2 cm³/mol. The number of carboxylic acid groups (broad SMARTS) is 1. The smallest absolute Gasteiger partial charge is 0.356 e. The van der Waals surface area contributed by atoms with Crippen molar-refractivity contribution in [3.05, 3.63) is 24.0 Å². The van der Waals surface area contributed by atoms with Crippen molar-refractivity contribution in [1.82, 2.24) is 10.3 Å². The molecule has 6 nitrogen and oxygen atoms in total. The van der Waals surface area contributed by atoms with Crippen LogP contribution < -0.4 is 10.6 Å². The lowest BCUT2D eigenvalue weighted by Crippen LogP contribution is -2.37. The van der Waals surface area contributed by atoms with Gasteiger partial charge < -0.3 is 15.7 Å². The van der Waals surface area contributed by atoms with Gasteiger partial charge in [-0.25, -0.2) is 14.6 Å². The van der Waals surface area contributed by atoms with E-state index in [-0.39, 0.29) is 17.4 Å². The molecule has 1 heterocycles. The molecule has 0 spiro atoms. The average Bonchev–Trinajstić information content (AvgIpc) is 2.29. The van der Waals surface area contributed by atoms with Crippen LogP contribution in [0.25, 0.3) is 0 Å². The van der Waals surface area contributed by atoms with Crippen LogP contribution in [0, 0.1) is 0 Å². The van der Waals surface area contributed by atoms with Gasteiger partial charge in [0.05, 0.1) is 5.69 Å². The lowest BCUT2D eigenvalue weighted by molar-refractivity contribution is 0.0692. The Bertz CT molecular complexity index is 439. The molecule has 0 saturated carbocycles. The van der Waals surface area contributed by atoms with E-state index in [1.54, 1.807) is 17.8 Å². The van der Waals surface area contributed by atoms with Gasteiger partial charge in [-0.1, -0.05) is 0 Å². The number of hydrogen-bond acceptors (Lipinski definition) is 4. The zero-order valence-electron chi connectivity index (χ0n) is 10.1. The molecule has 0 radical (unpaired) electrons. The normalized spacial score (nSPS) is 11.7. The minimum absolute atomic E-state index is 0.00458. The van der Waals surface area contributed by atoms with Crippen molar-refractivity contribution in [1.29, 1.82) is 0 Å². The summed E-state index contributed by atoms with van der Waals surface area (Å²) in [6.07, 6.45) is 3.31. The van der Waals surface area contributed by atoms with Gasteiger partial charge in [0.15, 0.2) is 5.69 Å². The average molecular weight is 269 g/mol. The molecule has 2 amide bonds. The number of amides is 2. The molecule has 1 aromatic rings. The topological polar surface area (TPSA) is 91.3 Å². The Balaban J connectivity index is 2.67. The van der Waals surface area contributed by atoms with Crippen molar-refractivity contribution < 1.29 is 14.7 Å². The number of thioether (sulfide) groups is 1. The van der Waals surface area contributed by atoms with Crippen LogP contribution in [0.2, 0.25) is 0 Å². The molecule has 98 valence electrons. The zero-order chi connectivity index (χ0) is 13.5. The zero-order valence-corrected chi connectivity index (χ0v) is 11.0. The van der Waals surface area contributed by atoms with Crippen LogP contribution in [0.15, 0.2) is 18.3 Å². The second-order valence-electron chi connectivity index (χ2n) is 3.66. The lowest BCUT2D eigenvalue weighted by atomic mass is 10.3. The summed E-state index contributed by atoms with van der Waals surface area (Å²) in [6.45, 7) is 1.87. The fourth-order valence-corrected chi connectivity index (χ4v) is 1.93. The van der Waals surface area contributed by atoms with E-state index >= 15 is 0 Å². The quantitative estimate of drug-likeness (QED) is 0.756. The molecule has 18 heavy (non-hydrogen) atoms. The van der Waals surface area contributed by atoms with Gasteiger partial charge in [0.2, 0.25) is 0 Å². The van der Waals surface area contributed by atoms with E-state index in [1.165, 1.54) is 12.3 Å². The van der Waals surface area contributed by atoms with Crippen molar-refractivity contribution in [2.45, 2.75) is 13.0 Å². The van der Waals surface area contributed by atoms with Crippen LogP contribution in [0.1, 0.15) is 17.4 Å². The number of aromatic nitrogens is 1. The number of nitrogens with one attached hydrogen (secondary N) is 2. The Labute approximate surface area is 109 Å². The number of carbonyl (C=O) groups excluding carboxylic acids is 1. The number of anilines is 1. The minimum Gasteiger partial charge on any atom is -0.476 e. The molecule has 0 saturated heterocycles. The monoisotopic (exact) mass is 269 g/mol. The second-order valence-corrected chi connectivity index (χ2v) is 4.57. The fourth-order valence-electron chi connectivity index (χ4n) is 1.35. The highest BCUT2D eigenvalue weighted by Crippen LogP contribution is 2.11. The van der Waals surface area contributed by atoms with Crippen LogP contribution >= 0.6 is 11.8 Å². The Morgan fingerprint density at radius 1 is 1.56 bits per heavy atom. The number of pyridine rings is 1. The number of rotatable bonds is 5. The summed E-state index contributed by atoms with van der Waals surface area (Å²) >= 11 is 1.62. The van der Waals surface area contributed by atoms with Crippen LogP contribution in [0.5, 0.6) is 0 Å². The van der Waals surface area contributed by atoms with Gasteiger partial charge in [-0.3, -0.25) is 0 Å². The molecule has 0 aliphatic rings. The molecule has 7 heteroatoms. The first-order valence-corrected chi connectivity index (χ1v) is 6.68. The minimum atomic E-state index is -1.18. The van der Waals surface area contributed by atoms with Crippen molar-refractivity contribution in [2.75, 3.05) is 17.3 Å². The third kappa shape index (κ3) is 4.25. The maximum Gasteiger partial charge on any atom is 0.356 e. The van der Waals surface area contributed by atoms with Gasteiger partial charge in [-0.05, 0) is 25.3 Å². The molecular formula is C11H15N3O3S. The van der Waals surface area contributed by atoms with Crippen LogP contribution in [-0.4, -0.2) is 40.1 Å². The Hall–Kier alpha value is -1.76. The Morgan fingerprint density at radius 3 is 2.89 bits per heavy atom. The Morgan fingerprint density at radius 2 is 2.28 bits per heavy atom. The van der Waals surface area contributed by atoms with E-state index in [0.29, 0.717) is 0 Å². The first kappa shape index (κ1) is 14.3. The third-order valence-corrected chi connectivity index (χ3v) is 2.89. The maximum atomic E-state index is 11.6. The number of aromatic carboxylic acids is 1. The number of carbonyl (C=O) groups is 2. The second kappa shape index (κ2) is 6.85. The number of urea groups is 1. The van der Waals surface area contributed by atoms with E-state index < -0.39 is 12.0 Å². The summed E-state index contributed by atoms with van der Waals surface area (Å²) in [5, 5.41) is 14.1. The summed E-state index contributed by atoms with van der Waals surface area (Å²) in [4.78, 5) is 26.2. The molecule has 0 aliphatic heterocycles. The summed E-state index contributed by atoms with van der Waals surface area (Å²) in [7, 11) is 0. The summed E-state index contributed by atoms with van der Waals surface area (Å²) in [5.41, 5.74) is 0.00372. The van der Waals surface area contributed by atoms with Crippen molar-refractivity contribution in [2.24, 2.45) is 0 Å². The molecule has 1 atom stereocenters. The number of hydrogen-bond donors (Lipinski definition) is 3. The van der Waals surface area contributed by atoms with Gasteiger partial charge in [0.1, 0.15) is 0 Å². The summed E-state index contributed by atoms with van der Waals surface area (Å²) in [6, 6.07) is 2.62. The van der Waals surface area contributed by atoms with E-state index in [0.717, 1.165) is 5.75 Å². The summed E-state index contributed by atoms with van der Waals surface area (Å²) < 4.78 is 0. The van der Waals surface area contributed by atoms with Crippen LogP contribution in [0.4, 0.5) is 10.5 Å². The third-order valence-electron chi connectivity index (χ3n) is 2.05. The highest BCUT2D eigenvalue weighted by molar-refractivity contribution is 7.98. The van der Waals surface area contributed by atoms with Crippen molar-refractivity contribution in [3.63, 3.8) is 0 Å². The first-order valence-electron chi connectivity index (χ1n) is 5.29. The SMILES string of the molecule is CSCC(C)NC(=O)Nc1cccnc1C(=O)O. The highest BCUT2D eigenvalue weighted by atomic mass is 32.2. The summed E-state index contributed by atoms with van der Waals surface area (Å²) in [5.74, 6) is -0.394. The van der Waals surface area contributed by atoms with E-state index in [9.17, 15) is 9.59 Å². The van der Waals surface area contributed by atoms with E-state index in [2.05, 4.69) is 15.6 Å². The van der Waals surface area contributed by atoms with E-state index in [4.69, 9.17) is 5.11 Å². The molecule has 3 N–H and O–H groups in total. The van der Waals surface area contributed by atoms with Crippen molar-refractivity contribution >= 4 is 29.4 Å². The molecular weight excluding hydrogens is 254 g/mol. The molecule has 0 fully saturated rings. The van der Waals surface area contributed by atoms with Gasteiger partial charge in [0, 0.05) is 18.0 Å². The molecule has 1 aromatic heterocycles. The van der Waals surface area contributed by atoms with Gasteiger partial charge >= 0.3 is 12.0 Å². The molecule has 1 rings (SSSR count). The fraction of sp³-hybridized carbons (Fsp3) is 0.364. The highest BCUT2D eigenvalue weighted by Gasteiger charge is 2.14. The van der Waals surface area contributed by atoms with Gasteiger partial charge in [-0.2, -0.15) is 11.8 Å². The maximum absolute atomic E-state index is 11.6. The molecule has 0 bridgehead atoms.